The average Bonchev–Trinajstić information content (AvgIpc) is 3.05. The normalized spacial score (nSPS) is 13.1. The maximum absolute atomic E-state index is 12.4. The van der Waals surface area contributed by atoms with Crippen molar-refractivity contribution in [3.8, 4) is 11.1 Å². The maximum atomic E-state index is 12.4. The van der Waals surface area contributed by atoms with E-state index in [-0.39, 0.29) is 18.9 Å². The van der Waals surface area contributed by atoms with Crippen LogP contribution in [0.25, 0.3) is 11.1 Å². The first-order valence-corrected chi connectivity index (χ1v) is 10.1. The Hall–Kier alpha value is -3.35. The summed E-state index contributed by atoms with van der Waals surface area (Å²) in [6.07, 6.45) is 0.776. The Morgan fingerprint density at radius 1 is 1.03 bits per heavy atom. The van der Waals surface area contributed by atoms with Crippen LogP contribution in [-0.4, -0.2) is 42.3 Å². The van der Waals surface area contributed by atoms with Crippen LogP contribution in [0.4, 0.5) is 4.79 Å². The number of alkyl carbamates (subject to hydrolysis) is 1. The lowest BCUT2D eigenvalue weighted by Gasteiger charge is -2.19. The van der Waals surface area contributed by atoms with Gasteiger partial charge in [-0.25, -0.2) is 4.79 Å². The zero-order valence-corrected chi connectivity index (χ0v) is 16.9. The molecule has 2 amide bonds. The summed E-state index contributed by atoms with van der Waals surface area (Å²) < 4.78 is 5.52. The highest BCUT2D eigenvalue weighted by molar-refractivity contribution is 5.82. The lowest BCUT2D eigenvalue weighted by Crippen LogP contribution is -2.40. The molecule has 1 unspecified atom stereocenters. The number of hydrogen-bond acceptors (Lipinski definition) is 4. The average molecular weight is 410 g/mol. The zero-order valence-electron chi connectivity index (χ0n) is 16.9. The number of benzene rings is 2. The van der Waals surface area contributed by atoms with Gasteiger partial charge in [0.1, 0.15) is 13.2 Å². The van der Waals surface area contributed by atoms with Crippen LogP contribution in [0.3, 0.4) is 0 Å². The number of hydrogen-bond donors (Lipinski definition) is 3. The minimum atomic E-state index is -1.11. The summed E-state index contributed by atoms with van der Waals surface area (Å²) >= 11 is 0. The number of fused-ring (bicyclic) bond motifs is 3. The molecule has 30 heavy (non-hydrogen) atoms. The highest BCUT2D eigenvalue weighted by Gasteiger charge is 2.29. The van der Waals surface area contributed by atoms with Gasteiger partial charge in [-0.05, 0) is 28.7 Å². The second-order valence-electron chi connectivity index (χ2n) is 7.33. The number of carbonyl (C=O) groups is 3. The summed E-state index contributed by atoms with van der Waals surface area (Å²) in [4.78, 5) is 34.9. The Bertz CT molecular complexity index is 882. The highest BCUT2D eigenvalue weighted by Crippen LogP contribution is 2.44. The summed E-state index contributed by atoms with van der Waals surface area (Å²) in [6.45, 7) is 1.70. The first-order chi connectivity index (χ1) is 14.5. The van der Waals surface area contributed by atoms with Gasteiger partial charge in [0.05, 0.1) is 0 Å². The number of nitrogens with one attached hydrogen (secondary N) is 2. The van der Waals surface area contributed by atoms with E-state index in [0.29, 0.717) is 6.42 Å². The van der Waals surface area contributed by atoms with Gasteiger partial charge in [0.25, 0.3) is 0 Å². The third-order valence-electron chi connectivity index (χ3n) is 5.17. The molecule has 158 valence electrons. The van der Waals surface area contributed by atoms with E-state index in [0.717, 1.165) is 28.7 Å². The van der Waals surface area contributed by atoms with Crippen LogP contribution in [0.15, 0.2) is 48.5 Å². The van der Waals surface area contributed by atoms with E-state index in [9.17, 15) is 14.4 Å². The van der Waals surface area contributed by atoms with Crippen molar-refractivity contribution < 1.29 is 24.2 Å². The van der Waals surface area contributed by atoms with Crippen molar-refractivity contribution in [1.29, 1.82) is 0 Å². The second-order valence-corrected chi connectivity index (χ2v) is 7.33. The molecule has 3 N–H and O–H groups in total. The van der Waals surface area contributed by atoms with Crippen LogP contribution in [0.5, 0.6) is 0 Å². The molecule has 0 saturated carbocycles. The second kappa shape index (κ2) is 9.91. The molecule has 2 aromatic carbocycles. The number of ether oxygens (including phenoxy) is 1. The first kappa shape index (κ1) is 21.4. The van der Waals surface area contributed by atoms with Crippen molar-refractivity contribution in [1.82, 2.24) is 10.6 Å². The van der Waals surface area contributed by atoms with E-state index < -0.39 is 30.6 Å². The molecular weight excluding hydrogens is 384 g/mol. The minimum absolute atomic E-state index is 0.00527. The van der Waals surface area contributed by atoms with Crippen LogP contribution in [0, 0.1) is 0 Å². The third kappa shape index (κ3) is 5.17. The number of aliphatic carboxylic acids is 1. The molecule has 0 bridgehead atoms. The molecule has 7 nitrogen and oxygen atoms in total. The SMILES string of the molecule is CCCC(CC(=O)NCC(=O)O)NC(=O)OCC1c2ccccc2-c2ccccc21. The van der Waals surface area contributed by atoms with E-state index in [2.05, 4.69) is 22.8 Å². The summed E-state index contributed by atoms with van der Waals surface area (Å²) in [5.41, 5.74) is 4.57. The van der Waals surface area contributed by atoms with E-state index in [1.807, 2.05) is 43.3 Å². The summed E-state index contributed by atoms with van der Waals surface area (Å²) in [5, 5.41) is 13.7. The Labute approximate surface area is 175 Å². The van der Waals surface area contributed by atoms with Gasteiger partial charge >= 0.3 is 12.1 Å². The van der Waals surface area contributed by atoms with Crippen molar-refractivity contribution in [2.45, 2.75) is 38.1 Å². The van der Waals surface area contributed by atoms with Crippen LogP contribution >= 0.6 is 0 Å². The van der Waals surface area contributed by atoms with Crippen molar-refractivity contribution >= 4 is 18.0 Å². The molecule has 0 radical (unpaired) electrons. The molecule has 1 aliphatic rings. The fourth-order valence-corrected chi connectivity index (χ4v) is 3.85. The Balaban J connectivity index is 1.59. The van der Waals surface area contributed by atoms with Gasteiger partial charge < -0.3 is 20.5 Å². The lowest BCUT2D eigenvalue weighted by atomic mass is 9.98. The molecule has 3 rings (SSSR count). The molecular formula is C23H26N2O5. The van der Waals surface area contributed by atoms with Crippen LogP contribution in [0.1, 0.15) is 43.2 Å². The monoisotopic (exact) mass is 410 g/mol. The smallest absolute Gasteiger partial charge is 0.407 e. The van der Waals surface area contributed by atoms with Crippen molar-refractivity contribution in [3.63, 3.8) is 0 Å². The summed E-state index contributed by atoms with van der Waals surface area (Å²) in [6, 6.07) is 15.8. The topological polar surface area (TPSA) is 105 Å². The van der Waals surface area contributed by atoms with E-state index in [4.69, 9.17) is 9.84 Å². The minimum Gasteiger partial charge on any atom is -0.480 e. The molecule has 1 aliphatic carbocycles. The van der Waals surface area contributed by atoms with Crippen molar-refractivity contribution in [3.05, 3.63) is 59.7 Å². The molecule has 0 saturated heterocycles. The van der Waals surface area contributed by atoms with Crippen molar-refractivity contribution in [2.24, 2.45) is 0 Å². The van der Waals surface area contributed by atoms with Gasteiger partial charge in [-0.15, -0.1) is 0 Å². The molecule has 0 heterocycles. The maximum Gasteiger partial charge on any atom is 0.407 e. The number of amides is 2. The van der Waals surface area contributed by atoms with Crippen LogP contribution < -0.4 is 10.6 Å². The van der Waals surface area contributed by atoms with Gasteiger partial charge in [0.2, 0.25) is 5.91 Å². The van der Waals surface area contributed by atoms with E-state index in [1.165, 1.54) is 0 Å². The third-order valence-corrected chi connectivity index (χ3v) is 5.17. The van der Waals surface area contributed by atoms with Gasteiger partial charge in [0, 0.05) is 18.4 Å². The molecule has 0 spiro atoms. The molecule has 0 aliphatic heterocycles. The van der Waals surface area contributed by atoms with Crippen LogP contribution in [-0.2, 0) is 14.3 Å². The predicted octanol–water partition coefficient (Wildman–Crippen LogP) is 3.28. The Kier molecular flexibility index (Phi) is 7.06. The number of rotatable bonds is 9. The Morgan fingerprint density at radius 2 is 1.63 bits per heavy atom. The fourth-order valence-electron chi connectivity index (χ4n) is 3.85. The predicted molar refractivity (Wildman–Crippen MR) is 112 cm³/mol. The largest absolute Gasteiger partial charge is 0.480 e. The van der Waals surface area contributed by atoms with E-state index in [1.54, 1.807) is 0 Å². The highest BCUT2D eigenvalue weighted by atomic mass is 16.5. The standard InChI is InChI=1S/C23H26N2O5/c1-2-7-15(12-21(26)24-13-22(27)28)25-23(29)30-14-20-18-10-5-3-8-16(18)17-9-4-6-11-19(17)20/h3-6,8-11,15,20H,2,7,12-14H2,1H3,(H,24,26)(H,25,29)(H,27,28). The molecule has 2 aromatic rings. The van der Waals surface area contributed by atoms with E-state index >= 15 is 0 Å². The first-order valence-electron chi connectivity index (χ1n) is 10.1. The summed E-state index contributed by atoms with van der Waals surface area (Å²) in [5.74, 6) is -1.57. The molecule has 0 fully saturated rings. The number of carboxylic acids is 1. The van der Waals surface area contributed by atoms with Gasteiger partial charge in [-0.2, -0.15) is 0 Å². The van der Waals surface area contributed by atoms with Gasteiger partial charge in [-0.1, -0.05) is 61.9 Å². The Morgan fingerprint density at radius 3 is 2.20 bits per heavy atom. The lowest BCUT2D eigenvalue weighted by molar-refractivity contribution is -0.138. The van der Waals surface area contributed by atoms with Crippen LogP contribution in [0.2, 0.25) is 0 Å². The molecule has 7 heteroatoms. The number of carbonyl (C=O) groups excluding carboxylic acids is 2. The molecule has 1 atom stereocenters. The fraction of sp³-hybridized carbons (Fsp3) is 0.348. The quantitative estimate of drug-likeness (QED) is 0.588. The number of carboxylic acid groups (broad SMARTS) is 1. The van der Waals surface area contributed by atoms with Crippen molar-refractivity contribution in [2.75, 3.05) is 13.2 Å². The zero-order chi connectivity index (χ0) is 21.5. The van der Waals surface area contributed by atoms with Gasteiger partial charge in [0.15, 0.2) is 0 Å². The summed E-state index contributed by atoms with van der Waals surface area (Å²) in [7, 11) is 0. The van der Waals surface area contributed by atoms with Gasteiger partial charge in [-0.3, -0.25) is 9.59 Å². The molecule has 0 aromatic heterocycles.